The zero-order valence-corrected chi connectivity index (χ0v) is 24.4. The normalized spacial score (nSPS) is 10.7. The first-order valence-corrected chi connectivity index (χ1v) is 13.5. The van der Waals surface area contributed by atoms with Gasteiger partial charge in [0.2, 0.25) is 0 Å². The van der Waals surface area contributed by atoms with Crippen LogP contribution in [0.25, 0.3) is 22.0 Å². The Kier molecular flexibility index (Phi) is 8.86. The summed E-state index contributed by atoms with van der Waals surface area (Å²) in [6, 6.07) is 25.9. The number of para-hydroxylation sites is 1. The second kappa shape index (κ2) is 13.3. The van der Waals surface area contributed by atoms with Gasteiger partial charge in [0, 0.05) is 17.9 Å². The van der Waals surface area contributed by atoms with Crippen molar-refractivity contribution in [2.45, 2.75) is 6.92 Å². The second-order valence-electron chi connectivity index (χ2n) is 9.54. The highest BCUT2D eigenvalue weighted by molar-refractivity contribution is 6.10. The molecule has 11 nitrogen and oxygen atoms in total. The lowest BCUT2D eigenvalue weighted by Gasteiger charge is -2.12. The van der Waals surface area contributed by atoms with Crippen molar-refractivity contribution in [3.63, 3.8) is 0 Å². The third kappa shape index (κ3) is 6.50. The summed E-state index contributed by atoms with van der Waals surface area (Å²) >= 11 is 0. The minimum absolute atomic E-state index is 0.144. The largest absolute Gasteiger partial charge is 0.493 e. The van der Waals surface area contributed by atoms with Gasteiger partial charge in [-0.15, -0.1) is 0 Å². The van der Waals surface area contributed by atoms with Gasteiger partial charge in [-0.2, -0.15) is 10.4 Å². The van der Waals surface area contributed by atoms with E-state index in [1.54, 1.807) is 24.3 Å². The molecule has 5 aromatic rings. The lowest BCUT2D eigenvalue weighted by atomic mass is 10.0. The van der Waals surface area contributed by atoms with Gasteiger partial charge in [0.25, 0.3) is 5.91 Å². The standard InChI is InChI=1S/C34H26N4O7/c1-20(39)44-26-15-13-23(17-29(26)43-3)34(41)45-27-14-12-21(16-28(27)42-2)19-36-38-33(40)32-30(22-8-5-4-6-9-22)25-11-7-10-24(18-35)31(25)37-32/h4-17,19,37H,1-3H3,(H,38,40). The van der Waals surface area contributed by atoms with Crippen LogP contribution in [0.2, 0.25) is 0 Å². The van der Waals surface area contributed by atoms with Gasteiger partial charge in [-0.1, -0.05) is 42.5 Å². The molecule has 45 heavy (non-hydrogen) atoms. The number of aromatic amines is 1. The van der Waals surface area contributed by atoms with E-state index in [2.05, 4.69) is 21.6 Å². The van der Waals surface area contributed by atoms with E-state index in [4.69, 9.17) is 18.9 Å². The maximum absolute atomic E-state index is 13.3. The fraction of sp³-hybridized carbons (Fsp3) is 0.0882. The molecule has 1 amide bonds. The third-order valence-corrected chi connectivity index (χ3v) is 6.67. The average molecular weight is 603 g/mol. The molecule has 2 N–H and O–H groups in total. The number of hydrazone groups is 1. The molecule has 1 aromatic heterocycles. The number of aromatic nitrogens is 1. The highest BCUT2D eigenvalue weighted by Crippen LogP contribution is 2.34. The zero-order valence-electron chi connectivity index (χ0n) is 24.4. The van der Waals surface area contributed by atoms with E-state index in [0.29, 0.717) is 22.2 Å². The van der Waals surface area contributed by atoms with Crippen molar-refractivity contribution < 1.29 is 33.3 Å². The molecule has 0 aliphatic rings. The molecule has 0 saturated heterocycles. The number of fused-ring (bicyclic) bond motifs is 1. The second-order valence-corrected chi connectivity index (χ2v) is 9.54. The van der Waals surface area contributed by atoms with E-state index in [0.717, 1.165) is 10.9 Å². The molecule has 0 aliphatic carbocycles. The van der Waals surface area contributed by atoms with Crippen LogP contribution in [0.5, 0.6) is 23.0 Å². The number of benzene rings is 4. The van der Waals surface area contributed by atoms with Gasteiger partial charge in [0.1, 0.15) is 11.8 Å². The minimum atomic E-state index is -0.693. The lowest BCUT2D eigenvalue weighted by Crippen LogP contribution is -2.18. The molecule has 0 atom stereocenters. The van der Waals surface area contributed by atoms with E-state index >= 15 is 0 Å². The third-order valence-electron chi connectivity index (χ3n) is 6.67. The van der Waals surface area contributed by atoms with Crippen LogP contribution in [0, 0.1) is 11.3 Å². The summed E-state index contributed by atoms with van der Waals surface area (Å²) in [6.07, 6.45) is 1.41. The summed E-state index contributed by atoms with van der Waals surface area (Å²) < 4.78 is 21.2. The topological polar surface area (TPSA) is 152 Å². The van der Waals surface area contributed by atoms with Crippen LogP contribution in [0.1, 0.15) is 38.9 Å². The zero-order chi connectivity index (χ0) is 31.9. The number of nitrogens with zero attached hydrogens (tertiary/aromatic N) is 2. The van der Waals surface area contributed by atoms with Crippen LogP contribution in [-0.2, 0) is 4.79 Å². The molecule has 1 heterocycles. The van der Waals surface area contributed by atoms with Gasteiger partial charge >= 0.3 is 11.9 Å². The van der Waals surface area contributed by atoms with Crippen molar-refractivity contribution in [2.75, 3.05) is 14.2 Å². The fourth-order valence-corrected chi connectivity index (χ4v) is 4.65. The Balaban J connectivity index is 1.33. The Morgan fingerprint density at radius 1 is 0.844 bits per heavy atom. The Bertz CT molecular complexity index is 1990. The number of nitriles is 1. The predicted molar refractivity (Wildman–Crippen MR) is 166 cm³/mol. The van der Waals surface area contributed by atoms with E-state index in [1.807, 2.05) is 36.4 Å². The first kappa shape index (κ1) is 30.1. The molecule has 0 saturated carbocycles. The molecule has 0 spiro atoms. The molecule has 224 valence electrons. The number of hydrogen-bond donors (Lipinski definition) is 2. The number of carbonyl (C=O) groups is 3. The first-order valence-electron chi connectivity index (χ1n) is 13.5. The van der Waals surface area contributed by atoms with E-state index in [9.17, 15) is 19.6 Å². The van der Waals surface area contributed by atoms with E-state index < -0.39 is 17.8 Å². The number of ether oxygens (including phenoxy) is 4. The van der Waals surface area contributed by atoms with E-state index in [1.165, 1.54) is 51.6 Å². The van der Waals surface area contributed by atoms with Gasteiger partial charge < -0.3 is 23.9 Å². The smallest absolute Gasteiger partial charge is 0.343 e. The summed E-state index contributed by atoms with van der Waals surface area (Å²) in [5, 5.41) is 14.4. The highest BCUT2D eigenvalue weighted by atomic mass is 16.6. The van der Waals surface area contributed by atoms with Crippen molar-refractivity contribution in [3.8, 4) is 40.2 Å². The Morgan fingerprint density at radius 3 is 2.27 bits per heavy atom. The number of hydrogen-bond acceptors (Lipinski definition) is 9. The van der Waals surface area contributed by atoms with Crippen LogP contribution in [0.15, 0.2) is 90.0 Å². The number of amides is 1. The minimum Gasteiger partial charge on any atom is -0.493 e. The van der Waals surface area contributed by atoms with Crippen LogP contribution >= 0.6 is 0 Å². The summed E-state index contributed by atoms with van der Waals surface area (Å²) in [4.78, 5) is 40.5. The number of nitrogens with one attached hydrogen (secondary N) is 2. The quantitative estimate of drug-likeness (QED) is 0.0953. The molecule has 0 bridgehead atoms. The number of H-pyrrole nitrogens is 1. The molecule has 0 radical (unpaired) electrons. The maximum atomic E-state index is 13.3. The molecule has 11 heteroatoms. The van der Waals surface area contributed by atoms with Crippen molar-refractivity contribution in [1.82, 2.24) is 10.4 Å². The molecule has 0 unspecified atom stereocenters. The number of esters is 2. The Labute approximate surface area is 257 Å². The van der Waals surface area contributed by atoms with E-state index in [-0.39, 0.29) is 34.3 Å². The summed E-state index contributed by atoms with van der Waals surface area (Å²) in [5.41, 5.74) is 5.93. The van der Waals surface area contributed by atoms with Gasteiger partial charge in [0.15, 0.2) is 23.0 Å². The van der Waals surface area contributed by atoms with Crippen molar-refractivity contribution in [3.05, 3.63) is 107 Å². The van der Waals surface area contributed by atoms with Crippen LogP contribution < -0.4 is 24.4 Å². The van der Waals surface area contributed by atoms with Gasteiger partial charge in [-0.25, -0.2) is 10.2 Å². The summed E-state index contributed by atoms with van der Waals surface area (Å²) in [7, 11) is 2.80. The number of carbonyl (C=O) groups excluding carboxylic acids is 3. The van der Waals surface area contributed by atoms with Crippen molar-refractivity contribution in [2.24, 2.45) is 5.10 Å². The monoisotopic (exact) mass is 602 g/mol. The van der Waals surface area contributed by atoms with Gasteiger partial charge in [-0.05, 0) is 53.6 Å². The van der Waals surface area contributed by atoms with Crippen molar-refractivity contribution >= 4 is 35.0 Å². The van der Waals surface area contributed by atoms with Gasteiger partial charge in [-0.3, -0.25) is 9.59 Å². The summed E-state index contributed by atoms with van der Waals surface area (Å²) in [6.45, 7) is 1.26. The number of methoxy groups -OCH3 is 2. The summed E-state index contributed by atoms with van der Waals surface area (Å²) in [5.74, 6) is -0.976. The van der Waals surface area contributed by atoms with Crippen molar-refractivity contribution in [1.29, 1.82) is 5.26 Å². The molecule has 5 rings (SSSR count). The fourth-order valence-electron chi connectivity index (χ4n) is 4.65. The average Bonchev–Trinajstić information content (AvgIpc) is 3.45. The van der Waals surface area contributed by atoms with Crippen LogP contribution in [0.4, 0.5) is 0 Å². The maximum Gasteiger partial charge on any atom is 0.343 e. The molecular formula is C34H26N4O7. The molecular weight excluding hydrogens is 576 g/mol. The van der Waals surface area contributed by atoms with Crippen LogP contribution in [-0.4, -0.2) is 43.3 Å². The molecule has 0 aliphatic heterocycles. The number of rotatable bonds is 9. The Hall–Kier alpha value is -6.41. The highest BCUT2D eigenvalue weighted by Gasteiger charge is 2.21. The van der Waals surface area contributed by atoms with Gasteiger partial charge in [0.05, 0.1) is 37.1 Å². The molecule has 0 fully saturated rings. The first-order chi connectivity index (χ1) is 21.8. The SMILES string of the molecule is COc1cc(C(=O)Oc2ccc(C=NNC(=O)c3[nH]c4c(C#N)cccc4c3-c3ccccc3)cc2OC)ccc1OC(C)=O. The predicted octanol–water partition coefficient (Wildman–Crippen LogP) is 5.63. The lowest BCUT2D eigenvalue weighted by molar-refractivity contribution is -0.132. The Morgan fingerprint density at radius 2 is 1.56 bits per heavy atom. The van der Waals surface area contributed by atoms with Crippen LogP contribution in [0.3, 0.4) is 0 Å². The molecule has 4 aromatic carbocycles.